The highest BCUT2D eigenvalue weighted by atomic mass is 32.2. The van der Waals surface area contributed by atoms with Gasteiger partial charge in [-0.2, -0.15) is 8.42 Å². The fourth-order valence-corrected chi connectivity index (χ4v) is 6.86. The normalized spacial score (nSPS) is 27.6. The van der Waals surface area contributed by atoms with Crippen LogP contribution in [-0.2, 0) is 19.6 Å². The van der Waals surface area contributed by atoms with Crippen molar-refractivity contribution in [2.75, 3.05) is 17.3 Å². The number of carbonyl (C=O) groups excluding carboxylic acids is 1. The van der Waals surface area contributed by atoms with Crippen LogP contribution < -0.4 is 9.08 Å². The summed E-state index contributed by atoms with van der Waals surface area (Å²) in [6, 6.07) is 16.1. The molecule has 5 rings (SSSR count). The second-order valence-electron chi connectivity index (χ2n) is 11.1. The molecule has 0 aliphatic carbocycles. The predicted molar refractivity (Wildman–Crippen MR) is 155 cm³/mol. The van der Waals surface area contributed by atoms with Gasteiger partial charge in [-0.1, -0.05) is 24.3 Å². The maximum absolute atomic E-state index is 13.6. The molecule has 2 saturated heterocycles. The number of halogens is 2. The van der Waals surface area contributed by atoms with Gasteiger partial charge in [-0.3, -0.25) is 4.79 Å². The van der Waals surface area contributed by atoms with E-state index in [0.29, 0.717) is 16.8 Å². The molecule has 45 heavy (non-hydrogen) atoms. The van der Waals surface area contributed by atoms with Crippen molar-refractivity contribution >= 4 is 21.7 Å². The van der Waals surface area contributed by atoms with Crippen molar-refractivity contribution in [1.82, 2.24) is 0 Å². The van der Waals surface area contributed by atoms with Crippen LogP contribution in [0.2, 0.25) is 0 Å². The van der Waals surface area contributed by atoms with E-state index in [1.807, 2.05) is 0 Å². The largest absolute Gasteiger partial charge is 0.394 e. The Hall–Kier alpha value is -3.50. The highest BCUT2D eigenvalue weighted by Crippen LogP contribution is 2.46. The van der Waals surface area contributed by atoms with Gasteiger partial charge in [0.2, 0.25) is 5.91 Å². The summed E-state index contributed by atoms with van der Waals surface area (Å²) >= 11 is 0. The minimum Gasteiger partial charge on any atom is -0.394 e. The quantitative estimate of drug-likeness (QED) is 0.152. The molecular formula is C31H33F2NO10S. The van der Waals surface area contributed by atoms with Crippen LogP contribution in [0.25, 0.3) is 0 Å². The Kier molecular flexibility index (Phi) is 9.84. The van der Waals surface area contributed by atoms with Gasteiger partial charge in [-0.25, -0.2) is 8.78 Å². The van der Waals surface area contributed by atoms with Crippen LogP contribution in [-0.4, -0.2) is 82.7 Å². The Labute approximate surface area is 258 Å². The number of nitrogens with zero attached hydrogens (tertiary/aromatic N) is 1. The van der Waals surface area contributed by atoms with Gasteiger partial charge in [0, 0.05) is 5.69 Å². The van der Waals surface area contributed by atoms with Crippen molar-refractivity contribution in [3.63, 3.8) is 0 Å². The number of β-lactam (4-membered cyclic amide) rings is 1. The van der Waals surface area contributed by atoms with Crippen LogP contribution in [0.4, 0.5) is 14.5 Å². The van der Waals surface area contributed by atoms with Crippen LogP contribution in [0.1, 0.15) is 36.1 Å². The van der Waals surface area contributed by atoms with Crippen LogP contribution in [0.15, 0.2) is 72.8 Å². The number of benzene rings is 3. The molecule has 1 amide bonds. The number of aliphatic hydroxyl groups excluding tert-OH is 5. The highest BCUT2D eigenvalue weighted by Gasteiger charge is 2.49. The molecule has 0 spiro atoms. The maximum atomic E-state index is 13.6. The fraction of sp³-hybridized carbons (Fsp3) is 0.387. The van der Waals surface area contributed by atoms with E-state index in [2.05, 4.69) is 0 Å². The number of hydrogen-bond donors (Lipinski definition) is 5. The number of ether oxygens (including phenoxy) is 1. The lowest BCUT2D eigenvalue weighted by Gasteiger charge is -2.48. The van der Waals surface area contributed by atoms with Crippen molar-refractivity contribution in [3.05, 3.63) is 95.6 Å². The molecule has 11 nitrogen and oxygen atoms in total. The molecule has 14 heteroatoms. The van der Waals surface area contributed by atoms with Crippen LogP contribution in [0.5, 0.6) is 5.75 Å². The average Bonchev–Trinajstić information content (AvgIpc) is 3.01. The summed E-state index contributed by atoms with van der Waals surface area (Å²) in [6.07, 6.45) is -8.37. The van der Waals surface area contributed by atoms with Gasteiger partial charge in [0.1, 0.15) is 53.7 Å². The second-order valence-corrected chi connectivity index (χ2v) is 12.7. The van der Waals surface area contributed by atoms with Gasteiger partial charge in [0.15, 0.2) is 0 Å². The van der Waals surface area contributed by atoms with Gasteiger partial charge in [-0.05, 0) is 72.5 Å². The lowest BCUT2D eigenvalue weighted by atomic mass is 9.78. The van der Waals surface area contributed by atoms with E-state index in [0.717, 1.165) is 0 Å². The molecule has 2 heterocycles. The van der Waals surface area contributed by atoms with Crippen molar-refractivity contribution in [3.8, 4) is 5.75 Å². The molecule has 242 valence electrons. The van der Waals surface area contributed by atoms with Gasteiger partial charge in [-0.15, -0.1) is 0 Å². The third-order valence-electron chi connectivity index (χ3n) is 8.13. The zero-order chi connectivity index (χ0) is 32.5. The molecule has 0 aromatic heterocycles. The van der Waals surface area contributed by atoms with E-state index in [4.69, 9.17) is 8.92 Å². The zero-order valence-electron chi connectivity index (χ0n) is 23.8. The molecule has 2 aliphatic heterocycles. The first-order valence-corrected chi connectivity index (χ1v) is 15.8. The lowest BCUT2D eigenvalue weighted by Crippen LogP contribution is -2.60. The lowest BCUT2D eigenvalue weighted by molar-refractivity contribution is -0.223. The van der Waals surface area contributed by atoms with Crippen molar-refractivity contribution in [2.45, 2.75) is 55.5 Å². The number of aliphatic hydroxyl groups is 5. The van der Waals surface area contributed by atoms with Gasteiger partial charge >= 0.3 is 10.1 Å². The molecule has 5 N–H and O–H groups in total. The highest BCUT2D eigenvalue weighted by molar-refractivity contribution is 7.87. The number of hydrogen-bond acceptors (Lipinski definition) is 10. The van der Waals surface area contributed by atoms with Gasteiger partial charge in [0.25, 0.3) is 0 Å². The molecule has 3 aromatic rings. The monoisotopic (exact) mass is 649 g/mol. The minimum atomic E-state index is -4.40. The first-order chi connectivity index (χ1) is 21.4. The Balaban J connectivity index is 1.31. The smallest absolute Gasteiger partial charge is 0.311 e. The summed E-state index contributed by atoms with van der Waals surface area (Å²) in [6.45, 7) is -0.714. The molecule has 8 atom stereocenters. The first-order valence-electron chi connectivity index (χ1n) is 14.2. The Morgan fingerprint density at radius 1 is 0.844 bits per heavy atom. The number of amides is 1. The molecule has 3 aromatic carbocycles. The third-order valence-corrected chi connectivity index (χ3v) is 9.31. The fourth-order valence-electron chi connectivity index (χ4n) is 5.71. The van der Waals surface area contributed by atoms with Crippen LogP contribution >= 0.6 is 0 Å². The molecular weight excluding hydrogens is 616 g/mol. The first kappa shape index (κ1) is 32.9. The Bertz CT molecular complexity index is 1570. The molecule has 5 unspecified atom stereocenters. The van der Waals surface area contributed by atoms with Crippen molar-refractivity contribution in [2.24, 2.45) is 5.92 Å². The minimum absolute atomic E-state index is 0.0920. The number of anilines is 1. The van der Waals surface area contributed by atoms with E-state index >= 15 is 0 Å². The Morgan fingerprint density at radius 2 is 1.42 bits per heavy atom. The predicted octanol–water partition coefficient (Wildman–Crippen LogP) is 1.73. The van der Waals surface area contributed by atoms with Crippen molar-refractivity contribution < 1.29 is 56.4 Å². The van der Waals surface area contributed by atoms with Gasteiger partial charge < -0.3 is 39.4 Å². The molecule has 0 bridgehead atoms. The summed E-state index contributed by atoms with van der Waals surface area (Å²) in [7, 11) is -4.40. The van der Waals surface area contributed by atoms with Crippen LogP contribution in [0.3, 0.4) is 0 Å². The van der Waals surface area contributed by atoms with E-state index < -0.39 is 82.7 Å². The van der Waals surface area contributed by atoms with E-state index in [-0.39, 0.29) is 24.5 Å². The topological polar surface area (TPSA) is 174 Å². The second kappa shape index (κ2) is 13.5. The van der Waals surface area contributed by atoms with Crippen molar-refractivity contribution in [1.29, 1.82) is 0 Å². The number of rotatable bonds is 11. The number of carbonyl (C=O) groups is 1. The Morgan fingerprint density at radius 3 is 2.02 bits per heavy atom. The summed E-state index contributed by atoms with van der Waals surface area (Å²) < 4.78 is 62.9. The van der Waals surface area contributed by atoms with Crippen LogP contribution in [0, 0.1) is 17.6 Å². The molecule has 0 saturated carbocycles. The summed E-state index contributed by atoms with van der Waals surface area (Å²) in [5.74, 6) is -2.72. The van der Waals surface area contributed by atoms with E-state index in [9.17, 15) is 47.5 Å². The van der Waals surface area contributed by atoms with E-state index in [1.54, 1.807) is 12.1 Å². The summed E-state index contributed by atoms with van der Waals surface area (Å²) in [5.41, 5.74) is 1.56. The third kappa shape index (κ3) is 7.17. The van der Waals surface area contributed by atoms with Gasteiger partial charge in [0.05, 0.1) is 24.7 Å². The summed E-state index contributed by atoms with van der Waals surface area (Å²) in [5, 5.41) is 50.1. The SMILES string of the molecule is O=C1[C@H](CC[C@H](O)c2ccc(F)cc2)[C@@H](c2ccc(OS(=O)(=O)CC3OC(CO)C(O)C(O)C3O)cc2)N1c1ccc(F)cc1. The molecule has 2 fully saturated rings. The van der Waals surface area contributed by atoms with E-state index in [1.165, 1.54) is 65.6 Å². The average molecular weight is 650 g/mol. The summed E-state index contributed by atoms with van der Waals surface area (Å²) in [4.78, 5) is 14.8. The molecule has 2 aliphatic rings. The standard InChI is InChI=1S/C31H33F2NO10S/c32-19-5-1-17(2-6-19)24(36)14-13-23-27(34(31(23)40)21-9-7-20(33)8-10-21)18-3-11-22(12-4-18)44-45(41,42)16-26-29(38)30(39)28(37)25(15-35)43-26/h1-12,23-30,35-39H,13-16H2/t23-,24+,25?,26?,27-,28?,29?,30?/m1/s1. The molecule has 0 radical (unpaired) electrons. The maximum Gasteiger partial charge on any atom is 0.311 e. The zero-order valence-corrected chi connectivity index (χ0v) is 24.6.